The molecule has 2 nitrogen and oxygen atoms in total. The van der Waals surface area contributed by atoms with Gasteiger partial charge in [-0.3, -0.25) is 4.99 Å². The van der Waals surface area contributed by atoms with Gasteiger partial charge in [0.2, 0.25) is 0 Å². The summed E-state index contributed by atoms with van der Waals surface area (Å²) in [6.07, 6.45) is -0.444. The van der Waals surface area contributed by atoms with Gasteiger partial charge in [-0.25, -0.2) is 4.99 Å². The number of amidine groups is 1. The molecule has 1 fully saturated rings. The number of fused-ring (bicyclic) bond motifs is 1. The van der Waals surface area contributed by atoms with E-state index in [-0.39, 0.29) is 12.0 Å². The van der Waals surface area contributed by atoms with Gasteiger partial charge in [0.15, 0.2) is 0 Å². The molecule has 98 valence electrons. The summed E-state index contributed by atoms with van der Waals surface area (Å²) >= 11 is 0. The number of allylic oxidation sites excluding steroid dienone is 2. The van der Waals surface area contributed by atoms with E-state index in [2.05, 4.69) is 23.3 Å². The lowest BCUT2D eigenvalue weighted by atomic mass is 10.0. The summed E-state index contributed by atoms with van der Waals surface area (Å²) < 4.78 is 36.1. The van der Waals surface area contributed by atoms with Crippen LogP contribution in [0.25, 0.3) is 0 Å². The Labute approximate surface area is 104 Å². The zero-order chi connectivity index (χ0) is 13.4. The Kier molecular flexibility index (Phi) is 3.17. The molecule has 0 bridgehead atoms. The second kappa shape index (κ2) is 4.37. The van der Waals surface area contributed by atoms with Crippen LogP contribution in [0.5, 0.6) is 0 Å². The second-order valence-corrected chi connectivity index (χ2v) is 4.72. The molecule has 0 aromatic carbocycles. The van der Waals surface area contributed by atoms with E-state index in [0.717, 1.165) is 24.8 Å². The predicted molar refractivity (Wildman–Crippen MR) is 66.0 cm³/mol. The summed E-state index contributed by atoms with van der Waals surface area (Å²) in [5.74, 6) is 0.385. The number of alkyl halides is 3. The summed E-state index contributed by atoms with van der Waals surface area (Å²) in [5.41, 5.74) is 2.30. The summed E-state index contributed by atoms with van der Waals surface area (Å²) in [7, 11) is 0. The highest BCUT2D eigenvalue weighted by Gasteiger charge is 2.52. The Morgan fingerprint density at radius 3 is 2.61 bits per heavy atom. The van der Waals surface area contributed by atoms with Gasteiger partial charge in [0.1, 0.15) is 5.84 Å². The van der Waals surface area contributed by atoms with Gasteiger partial charge in [-0.1, -0.05) is 11.6 Å². The average Bonchev–Trinajstić information content (AvgIpc) is 2.92. The van der Waals surface area contributed by atoms with Crippen LogP contribution in [0.1, 0.15) is 25.7 Å². The van der Waals surface area contributed by atoms with Gasteiger partial charge in [0, 0.05) is 12.0 Å². The van der Waals surface area contributed by atoms with Crippen molar-refractivity contribution in [2.24, 2.45) is 15.4 Å². The van der Waals surface area contributed by atoms with Gasteiger partial charge < -0.3 is 0 Å². The van der Waals surface area contributed by atoms with Crippen LogP contribution in [0, 0.1) is 5.41 Å². The molecule has 2 aliphatic carbocycles. The number of hydrogen-bond acceptors (Lipinski definition) is 1. The summed E-state index contributed by atoms with van der Waals surface area (Å²) in [6, 6.07) is 0. The first kappa shape index (κ1) is 13.1. The second-order valence-electron chi connectivity index (χ2n) is 4.72. The van der Waals surface area contributed by atoms with Crippen molar-refractivity contribution in [2.75, 3.05) is 6.54 Å². The van der Waals surface area contributed by atoms with Gasteiger partial charge >= 0.3 is 6.18 Å². The molecule has 1 unspecified atom stereocenters. The minimum Gasteiger partial charge on any atom is -0.266 e. The molecule has 0 radical (unpaired) electrons. The first-order chi connectivity index (χ1) is 8.42. The highest BCUT2D eigenvalue weighted by molar-refractivity contribution is 6.03. The minimum atomic E-state index is -4.17. The molecule has 1 atom stereocenters. The zero-order valence-electron chi connectivity index (χ0n) is 10.1. The molecule has 0 heterocycles. The van der Waals surface area contributed by atoms with E-state index >= 15 is 0 Å². The van der Waals surface area contributed by atoms with E-state index in [0.29, 0.717) is 5.84 Å². The molecule has 18 heavy (non-hydrogen) atoms. The van der Waals surface area contributed by atoms with Crippen molar-refractivity contribution in [3.63, 3.8) is 0 Å². The molecule has 0 N–H and O–H groups in total. The van der Waals surface area contributed by atoms with Gasteiger partial charge in [0.05, 0.1) is 6.42 Å². The Hall–Kier alpha value is -1.39. The van der Waals surface area contributed by atoms with Crippen LogP contribution < -0.4 is 0 Å². The van der Waals surface area contributed by atoms with Crippen molar-refractivity contribution in [3.05, 3.63) is 23.8 Å². The Morgan fingerprint density at radius 2 is 2.17 bits per heavy atom. The van der Waals surface area contributed by atoms with E-state index in [1.807, 2.05) is 6.08 Å². The van der Waals surface area contributed by atoms with Gasteiger partial charge in [0.25, 0.3) is 0 Å². The number of halogens is 3. The fourth-order valence-electron chi connectivity index (χ4n) is 2.49. The topological polar surface area (TPSA) is 24.7 Å². The molecule has 2 aliphatic rings. The molecular formula is C13H15F3N2. The first-order valence-electron chi connectivity index (χ1n) is 5.86. The normalized spacial score (nSPS) is 27.2. The Bertz CT molecular complexity index is 446. The van der Waals surface area contributed by atoms with Gasteiger partial charge in [-0.15, -0.1) is 6.58 Å². The lowest BCUT2D eigenvalue weighted by Crippen LogP contribution is -2.10. The number of rotatable bonds is 4. The lowest BCUT2D eigenvalue weighted by Gasteiger charge is -2.05. The molecule has 0 spiro atoms. The van der Waals surface area contributed by atoms with E-state index in [1.54, 1.807) is 0 Å². The van der Waals surface area contributed by atoms with Crippen LogP contribution in [-0.2, 0) is 0 Å². The monoisotopic (exact) mass is 256 g/mol. The van der Waals surface area contributed by atoms with E-state index in [1.165, 1.54) is 5.57 Å². The van der Waals surface area contributed by atoms with E-state index in [9.17, 15) is 13.2 Å². The van der Waals surface area contributed by atoms with Crippen LogP contribution in [0.15, 0.2) is 33.8 Å². The van der Waals surface area contributed by atoms with Crippen molar-refractivity contribution < 1.29 is 13.2 Å². The molecule has 0 amide bonds. The van der Waals surface area contributed by atoms with Crippen molar-refractivity contribution in [3.8, 4) is 0 Å². The lowest BCUT2D eigenvalue weighted by molar-refractivity contribution is -0.132. The standard InChI is InChI=1S/C13H15F3N2/c1-3-12-5-4-9(10(12)8-12)11(17-2)18-7-6-13(14,15)16/h3H,1-2,4-8H2/b18-11-. The highest BCUT2D eigenvalue weighted by Crippen LogP contribution is 2.63. The minimum absolute atomic E-state index is 0.0881. The molecule has 5 heteroatoms. The number of aliphatic imine (C=N–C) groups is 2. The van der Waals surface area contributed by atoms with Crippen molar-refractivity contribution >= 4 is 12.6 Å². The van der Waals surface area contributed by atoms with Crippen molar-refractivity contribution in [1.82, 2.24) is 0 Å². The van der Waals surface area contributed by atoms with Gasteiger partial charge in [-0.2, -0.15) is 13.2 Å². The number of hydrogen-bond donors (Lipinski definition) is 0. The SMILES string of the molecule is C=CC12CCC(/C(N=C)=N/CCC(F)(F)F)=C1C2. The summed E-state index contributed by atoms with van der Waals surface area (Å²) in [4.78, 5) is 7.70. The van der Waals surface area contributed by atoms with Crippen LogP contribution in [0.3, 0.4) is 0 Å². The molecule has 2 rings (SSSR count). The third-order valence-corrected chi connectivity index (χ3v) is 3.62. The molecular weight excluding hydrogens is 241 g/mol. The molecule has 0 saturated heterocycles. The van der Waals surface area contributed by atoms with E-state index < -0.39 is 12.6 Å². The van der Waals surface area contributed by atoms with Crippen LogP contribution in [-0.4, -0.2) is 25.3 Å². The smallest absolute Gasteiger partial charge is 0.266 e. The maximum atomic E-state index is 12.0. The average molecular weight is 256 g/mol. The largest absolute Gasteiger partial charge is 0.390 e. The van der Waals surface area contributed by atoms with Crippen LogP contribution >= 0.6 is 0 Å². The fraction of sp³-hybridized carbons (Fsp3) is 0.538. The highest BCUT2D eigenvalue weighted by atomic mass is 19.4. The summed E-state index contributed by atoms with van der Waals surface area (Å²) in [6.45, 7) is 6.92. The fourth-order valence-corrected chi connectivity index (χ4v) is 2.49. The number of nitrogens with zero attached hydrogens (tertiary/aromatic N) is 2. The third kappa shape index (κ3) is 2.40. The maximum absolute atomic E-state index is 12.0. The van der Waals surface area contributed by atoms with E-state index in [4.69, 9.17) is 0 Å². The molecule has 1 saturated carbocycles. The van der Waals surface area contributed by atoms with Crippen molar-refractivity contribution in [1.29, 1.82) is 0 Å². The maximum Gasteiger partial charge on any atom is 0.390 e. The quantitative estimate of drug-likeness (QED) is 0.416. The predicted octanol–water partition coefficient (Wildman–Crippen LogP) is 3.70. The Morgan fingerprint density at radius 1 is 1.44 bits per heavy atom. The van der Waals surface area contributed by atoms with Crippen LogP contribution in [0.4, 0.5) is 13.2 Å². The van der Waals surface area contributed by atoms with Gasteiger partial charge in [-0.05, 0) is 31.6 Å². The third-order valence-electron chi connectivity index (χ3n) is 3.62. The van der Waals surface area contributed by atoms with Crippen LogP contribution in [0.2, 0.25) is 0 Å². The molecule has 0 aromatic rings. The Balaban J connectivity index is 2.07. The zero-order valence-corrected chi connectivity index (χ0v) is 10.1. The summed E-state index contributed by atoms with van der Waals surface area (Å²) in [5, 5.41) is 0. The molecule has 0 aliphatic heterocycles. The molecule has 0 aromatic heterocycles. The first-order valence-corrected chi connectivity index (χ1v) is 5.86. The van der Waals surface area contributed by atoms with Crippen molar-refractivity contribution in [2.45, 2.75) is 31.9 Å².